The maximum Gasteiger partial charge on any atom is 0.311 e. The van der Waals surface area contributed by atoms with E-state index in [0.29, 0.717) is 19.3 Å². The summed E-state index contributed by atoms with van der Waals surface area (Å²) >= 11 is 0. The highest BCUT2D eigenvalue weighted by atomic mass is 16.5. The van der Waals surface area contributed by atoms with Gasteiger partial charge in [0, 0.05) is 12.8 Å². The molecule has 0 unspecified atom stereocenters. The van der Waals surface area contributed by atoms with Crippen LogP contribution in [-0.4, -0.2) is 18.9 Å². The molecule has 3 heteroatoms. The van der Waals surface area contributed by atoms with Gasteiger partial charge < -0.3 is 4.74 Å². The number of hydrogen-bond acceptors (Lipinski definition) is 3. The van der Waals surface area contributed by atoms with Crippen LogP contribution in [0, 0.1) is 5.41 Å². The number of rotatable bonds is 1. The Morgan fingerprint density at radius 2 is 2.27 bits per heavy atom. The molecule has 1 atom stereocenters. The first-order chi connectivity index (χ1) is 5.08. The molecule has 1 saturated carbocycles. The van der Waals surface area contributed by atoms with Gasteiger partial charge in [0.2, 0.25) is 0 Å². The number of esters is 1. The van der Waals surface area contributed by atoms with Crippen LogP contribution < -0.4 is 0 Å². The number of carbonyl (C=O) groups excluding carboxylic acids is 2. The van der Waals surface area contributed by atoms with Gasteiger partial charge in [0.1, 0.15) is 5.78 Å². The van der Waals surface area contributed by atoms with Crippen LogP contribution in [0.4, 0.5) is 0 Å². The first-order valence-electron chi connectivity index (χ1n) is 3.68. The van der Waals surface area contributed by atoms with Crippen molar-refractivity contribution in [1.82, 2.24) is 0 Å². The van der Waals surface area contributed by atoms with E-state index in [9.17, 15) is 9.59 Å². The van der Waals surface area contributed by atoms with Gasteiger partial charge >= 0.3 is 5.97 Å². The molecular formula is C8H12O3. The van der Waals surface area contributed by atoms with Crippen molar-refractivity contribution in [2.45, 2.75) is 26.2 Å². The van der Waals surface area contributed by atoms with Crippen LogP contribution >= 0.6 is 0 Å². The maximum absolute atomic E-state index is 11.1. The number of carbonyl (C=O) groups is 2. The maximum atomic E-state index is 11.1. The zero-order chi connectivity index (χ0) is 8.48. The van der Waals surface area contributed by atoms with E-state index >= 15 is 0 Å². The Morgan fingerprint density at radius 3 is 2.64 bits per heavy atom. The summed E-state index contributed by atoms with van der Waals surface area (Å²) in [5, 5.41) is 0. The first-order valence-corrected chi connectivity index (χ1v) is 3.68. The van der Waals surface area contributed by atoms with E-state index in [1.54, 1.807) is 6.92 Å². The molecule has 0 aliphatic heterocycles. The summed E-state index contributed by atoms with van der Waals surface area (Å²) in [7, 11) is 1.36. The average Bonchev–Trinajstić information content (AvgIpc) is 2.31. The topological polar surface area (TPSA) is 43.4 Å². The zero-order valence-electron chi connectivity index (χ0n) is 6.85. The van der Waals surface area contributed by atoms with Gasteiger partial charge in [-0.2, -0.15) is 0 Å². The van der Waals surface area contributed by atoms with Gasteiger partial charge in [0.05, 0.1) is 12.5 Å². The van der Waals surface area contributed by atoms with Gasteiger partial charge in [-0.05, 0) is 13.3 Å². The standard InChI is InChI=1S/C8H12O3/c1-8(7(10)11-2)4-3-6(9)5-8/h3-5H2,1-2H3/t8-/m0/s1. The predicted molar refractivity (Wildman–Crippen MR) is 39.0 cm³/mol. The average molecular weight is 156 g/mol. The van der Waals surface area contributed by atoms with Crippen molar-refractivity contribution < 1.29 is 14.3 Å². The molecule has 11 heavy (non-hydrogen) atoms. The Labute approximate surface area is 65.7 Å². The SMILES string of the molecule is COC(=O)[C@@]1(C)CCC(=O)C1. The Bertz CT molecular complexity index is 198. The molecule has 0 heterocycles. The van der Waals surface area contributed by atoms with Crippen molar-refractivity contribution in [3.8, 4) is 0 Å². The minimum atomic E-state index is -0.536. The molecule has 0 spiro atoms. The van der Waals surface area contributed by atoms with Crippen molar-refractivity contribution in [1.29, 1.82) is 0 Å². The highest BCUT2D eigenvalue weighted by molar-refractivity contribution is 5.90. The van der Waals surface area contributed by atoms with Crippen LogP contribution in [0.25, 0.3) is 0 Å². The minimum absolute atomic E-state index is 0.165. The largest absolute Gasteiger partial charge is 0.469 e. The molecular weight excluding hydrogens is 144 g/mol. The summed E-state index contributed by atoms with van der Waals surface area (Å²) in [6.45, 7) is 1.78. The van der Waals surface area contributed by atoms with Crippen molar-refractivity contribution in [2.24, 2.45) is 5.41 Å². The van der Waals surface area contributed by atoms with Gasteiger partial charge in [-0.15, -0.1) is 0 Å². The lowest BCUT2D eigenvalue weighted by Crippen LogP contribution is -2.26. The molecule has 0 N–H and O–H groups in total. The van der Waals surface area contributed by atoms with Crippen LogP contribution in [0.15, 0.2) is 0 Å². The molecule has 3 nitrogen and oxygen atoms in total. The second-order valence-electron chi connectivity index (χ2n) is 3.27. The van der Waals surface area contributed by atoms with E-state index in [2.05, 4.69) is 4.74 Å². The smallest absolute Gasteiger partial charge is 0.311 e. The third kappa shape index (κ3) is 1.42. The lowest BCUT2D eigenvalue weighted by molar-refractivity contribution is -0.152. The van der Waals surface area contributed by atoms with E-state index in [4.69, 9.17) is 0 Å². The third-order valence-corrected chi connectivity index (χ3v) is 2.22. The number of Topliss-reactive ketones (excluding diaryl/α,β-unsaturated/α-hetero) is 1. The number of methoxy groups -OCH3 is 1. The summed E-state index contributed by atoms with van der Waals surface area (Å²) in [6, 6.07) is 0. The monoisotopic (exact) mass is 156 g/mol. The van der Waals surface area contributed by atoms with Crippen LogP contribution in [0.3, 0.4) is 0 Å². The fourth-order valence-electron chi connectivity index (χ4n) is 1.45. The molecule has 0 saturated heterocycles. The Balaban J connectivity index is 2.69. The van der Waals surface area contributed by atoms with Crippen molar-refractivity contribution in [3.63, 3.8) is 0 Å². The summed E-state index contributed by atoms with van der Waals surface area (Å²) in [5.74, 6) is -0.0961. The summed E-state index contributed by atoms with van der Waals surface area (Å²) < 4.78 is 4.59. The number of ketones is 1. The Morgan fingerprint density at radius 1 is 1.64 bits per heavy atom. The van der Waals surface area contributed by atoms with Crippen LogP contribution in [-0.2, 0) is 14.3 Å². The molecule has 0 bridgehead atoms. The summed E-state index contributed by atoms with van der Waals surface area (Å²) in [6.07, 6.45) is 1.50. The first kappa shape index (κ1) is 8.24. The van der Waals surface area contributed by atoms with Gasteiger partial charge in [-0.25, -0.2) is 0 Å². The number of ether oxygens (including phenoxy) is 1. The van der Waals surface area contributed by atoms with Crippen LogP contribution in [0.5, 0.6) is 0 Å². The van der Waals surface area contributed by atoms with Gasteiger partial charge in [0.25, 0.3) is 0 Å². The van der Waals surface area contributed by atoms with Crippen LogP contribution in [0.1, 0.15) is 26.2 Å². The zero-order valence-corrected chi connectivity index (χ0v) is 6.85. The summed E-state index contributed by atoms with van der Waals surface area (Å²) in [5.41, 5.74) is -0.536. The van der Waals surface area contributed by atoms with Crippen molar-refractivity contribution in [3.05, 3.63) is 0 Å². The van der Waals surface area contributed by atoms with Gasteiger partial charge in [0.15, 0.2) is 0 Å². The Kier molecular flexibility index (Phi) is 1.98. The van der Waals surface area contributed by atoms with Crippen LogP contribution in [0.2, 0.25) is 0 Å². The lowest BCUT2D eigenvalue weighted by atomic mass is 9.89. The summed E-state index contributed by atoms with van der Waals surface area (Å²) in [4.78, 5) is 22.0. The molecule has 0 amide bonds. The normalized spacial score (nSPS) is 30.5. The second-order valence-corrected chi connectivity index (χ2v) is 3.27. The van der Waals surface area contributed by atoms with E-state index in [1.165, 1.54) is 7.11 Å². The third-order valence-electron chi connectivity index (χ3n) is 2.22. The minimum Gasteiger partial charge on any atom is -0.469 e. The number of hydrogen-bond donors (Lipinski definition) is 0. The lowest BCUT2D eigenvalue weighted by Gasteiger charge is -2.17. The Hall–Kier alpha value is -0.860. The molecule has 1 rings (SSSR count). The second kappa shape index (κ2) is 2.64. The van der Waals surface area contributed by atoms with Gasteiger partial charge in [-0.3, -0.25) is 9.59 Å². The molecule has 0 aromatic heterocycles. The van der Waals surface area contributed by atoms with Crippen molar-refractivity contribution in [2.75, 3.05) is 7.11 Å². The van der Waals surface area contributed by atoms with E-state index in [-0.39, 0.29) is 11.8 Å². The highest BCUT2D eigenvalue weighted by Crippen LogP contribution is 2.36. The molecule has 1 aliphatic rings. The molecule has 1 aliphatic carbocycles. The molecule has 62 valence electrons. The van der Waals surface area contributed by atoms with E-state index in [0.717, 1.165) is 0 Å². The predicted octanol–water partition coefficient (Wildman–Crippen LogP) is 0.919. The van der Waals surface area contributed by atoms with Crippen molar-refractivity contribution >= 4 is 11.8 Å². The fraction of sp³-hybridized carbons (Fsp3) is 0.750. The molecule has 0 aromatic carbocycles. The molecule has 1 fully saturated rings. The van der Waals surface area contributed by atoms with Gasteiger partial charge in [-0.1, -0.05) is 0 Å². The quantitative estimate of drug-likeness (QED) is 0.530. The fourth-order valence-corrected chi connectivity index (χ4v) is 1.45. The molecule has 0 aromatic rings. The van der Waals surface area contributed by atoms with E-state index in [1.807, 2.05) is 0 Å². The highest BCUT2D eigenvalue weighted by Gasteiger charge is 2.41. The molecule has 0 radical (unpaired) electrons. The van der Waals surface area contributed by atoms with E-state index < -0.39 is 5.41 Å².